The van der Waals surface area contributed by atoms with Crippen LogP contribution in [0.1, 0.15) is 56.5 Å². The Morgan fingerprint density at radius 2 is 0.719 bits per heavy atom. The fourth-order valence-corrected chi connectivity index (χ4v) is 4.27. The van der Waals surface area contributed by atoms with Gasteiger partial charge in [-0.15, -0.1) is 0 Å². The second-order valence-electron chi connectivity index (χ2n) is 8.02. The molecule has 4 aromatic carbocycles. The zero-order valence-electron chi connectivity index (χ0n) is 17.9. The molecule has 0 aliphatic heterocycles. The summed E-state index contributed by atoms with van der Waals surface area (Å²) >= 11 is 0. The molecule has 0 fully saturated rings. The van der Waals surface area contributed by atoms with Crippen molar-refractivity contribution in [3.63, 3.8) is 0 Å². The molecule has 2 nitrogen and oxygen atoms in total. The Labute approximate surface area is 189 Å². The standard InChI is InChI=1S/C30H26O2/c31-29(25-17-9-3-10-18-25)21-27(23-13-5-1-6-14-23)28(24-15-7-2-8-16-24)22-30(32)26-19-11-4-12-20-26/h1-20,27-28H,21-22H2. The van der Waals surface area contributed by atoms with Crippen molar-refractivity contribution in [2.45, 2.75) is 24.7 Å². The molecule has 2 atom stereocenters. The summed E-state index contributed by atoms with van der Waals surface area (Å²) < 4.78 is 0. The smallest absolute Gasteiger partial charge is 0.163 e. The average Bonchev–Trinajstić information content (AvgIpc) is 2.88. The van der Waals surface area contributed by atoms with E-state index in [2.05, 4.69) is 24.3 Å². The van der Waals surface area contributed by atoms with Crippen molar-refractivity contribution in [2.24, 2.45) is 0 Å². The Hall–Kier alpha value is -3.78. The van der Waals surface area contributed by atoms with Crippen molar-refractivity contribution in [3.05, 3.63) is 144 Å². The fourth-order valence-electron chi connectivity index (χ4n) is 4.27. The lowest BCUT2D eigenvalue weighted by Gasteiger charge is -2.28. The number of ketones is 2. The molecule has 0 heterocycles. The normalized spacial score (nSPS) is 12.6. The van der Waals surface area contributed by atoms with Gasteiger partial charge in [0, 0.05) is 24.0 Å². The van der Waals surface area contributed by atoms with Crippen LogP contribution in [0.5, 0.6) is 0 Å². The SMILES string of the molecule is O=C(CC(c1ccccc1)C(CC(=O)c1ccccc1)c1ccccc1)c1ccccc1. The second kappa shape index (κ2) is 10.5. The number of hydrogen-bond donors (Lipinski definition) is 0. The predicted octanol–water partition coefficient (Wildman–Crippen LogP) is 7.10. The highest BCUT2D eigenvalue weighted by Crippen LogP contribution is 2.39. The van der Waals surface area contributed by atoms with Gasteiger partial charge in [0.25, 0.3) is 0 Å². The number of Topliss-reactive ketones (excluding diaryl/α,β-unsaturated/α-hetero) is 2. The minimum Gasteiger partial charge on any atom is -0.294 e. The number of carbonyl (C=O) groups excluding carboxylic acids is 2. The van der Waals surface area contributed by atoms with Gasteiger partial charge < -0.3 is 0 Å². The largest absolute Gasteiger partial charge is 0.294 e. The van der Waals surface area contributed by atoms with E-state index in [0.717, 1.165) is 11.1 Å². The predicted molar refractivity (Wildman–Crippen MR) is 129 cm³/mol. The van der Waals surface area contributed by atoms with E-state index in [1.165, 1.54) is 0 Å². The molecule has 0 saturated heterocycles. The first-order chi connectivity index (χ1) is 15.7. The summed E-state index contributed by atoms with van der Waals surface area (Å²) in [6.45, 7) is 0. The Balaban J connectivity index is 1.72. The molecule has 4 rings (SSSR count). The number of hydrogen-bond acceptors (Lipinski definition) is 2. The topological polar surface area (TPSA) is 34.1 Å². The van der Waals surface area contributed by atoms with E-state index in [-0.39, 0.29) is 23.4 Å². The van der Waals surface area contributed by atoms with E-state index in [4.69, 9.17) is 0 Å². The van der Waals surface area contributed by atoms with Gasteiger partial charge in [-0.2, -0.15) is 0 Å². The first kappa shape index (κ1) is 21.5. The Kier molecular flexibility index (Phi) is 7.04. The molecule has 0 bridgehead atoms. The molecule has 0 aromatic heterocycles. The van der Waals surface area contributed by atoms with Gasteiger partial charge in [-0.3, -0.25) is 9.59 Å². The van der Waals surface area contributed by atoms with Crippen LogP contribution < -0.4 is 0 Å². The molecule has 0 spiro atoms. The highest BCUT2D eigenvalue weighted by molar-refractivity contribution is 5.98. The molecule has 158 valence electrons. The van der Waals surface area contributed by atoms with Gasteiger partial charge >= 0.3 is 0 Å². The quantitative estimate of drug-likeness (QED) is 0.272. The van der Waals surface area contributed by atoms with E-state index in [9.17, 15) is 9.59 Å². The van der Waals surface area contributed by atoms with Crippen LogP contribution in [0.25, 0.3) is 0 Å². The van der Waals surface area contributed by atoms with E-state index in [1.807, 2.05) is 97.1 Å². The highest BCUT2D eigenvalue weighted by atomic mass is 16.1. The monoisotopic (exact) mass is 418 g/mol. The van der Waals surface area contributed by atoms with E-state index >= 15 is 0 Å². The third-order valence-electron chi connectivity index (χ3n) is 5.94. The van der Waals surface area contributed by atoms with Gasteiger partial charge in [-0.1, -0.05) is 121 Å². The summed E-state index contributed by atoms with van der Waals surface area (Å²) in [5.74, 6) is -0.0435. The van der Waals surface area contributed by atoms with Crippen LogP contribution in [0.3, 0.4) is 0 Å². The van der Waals surface area contributed by atoms with E-state index in [1.54, 1.807) is 0 Å². The molecule has 0 aliphatic rings. The summed E-state index contributed by atoms with van der Waals surface area (Å²) in [6, 6.07) is 39.0. The van der Waals surface area contributed by atoms with Gasteiger partial charge in [0.2, 0.25) is 0 Å². The Morgan fingerprint density at radius 1 is 0.438 bits per heavy atom. The summed E-state index contributed by atoms with van der Waals surface area (Å²) in [4.78, 5) is 26.5. The third-order valence-corrected chi connectivity index (χ3v) is 5.94. The number of carbonyl (C=O) groups is 2. The molecule has 4 aromatic rings. The number of rotatable bonds is 9. The lowest BCUT2D eigenvalue weighted by molar-refractivity contribution is 0.0936. The molecule has 0 radical (unpaired) electrons. The lowest BCUT2D eigenvalue weighted by atomic mass is 9.75. The fraction of sp³-hybridized carbons (Fsp3) is 0.133. The maximum absolute atomic E-state index is 13.2. The Bertz CT molecular complexity index is 1040. The van der Waals surface area contributed by atoms with Crippen molar-refractivity contribution >= 4 is 11.6 Å². The van der Waals surface area contributed by atoms with Crippen molar-refractivity contribution in [1.82, 2.24) is 0 Å². The van der Waals surface area contributed by atoms with Crippen LogP contribution in [0.15, 0.2) is 121 Å². The highest BCUT2D eigenvalue weighted by Gasteiger charge is 2.29. The van der Waals surface area contributed by atoms with Crippen LogP contribution in [-0.4, -0.2) is 11.6 Å². The first-order valence-corrected chi connectivity index (χ1v) is 11.0. The maximum Gasteiger partial charge on any atom is 0.163 e. The van der Waals surface area contributed by atoms with Crippen LogP contribution in [0.4, 0.5) is 0 Å². The summed E-state index contributed by atoms with van der Waals surface area (Å²) in [6.07, 6.45) is 0.686. The molecule has 0 N–H and O–H groups in total. The van der Waals surface area contributed by atoms with Gasteiger partial charge in [-0.05, 0) is 23.0 Å². The second-order valence-corrected chi connectivity index (χ2v) is 8.02. The minimum atomic E-state index is -0.112. The first-order valence-electron chi connectivity index (χ1n) is 11.0. The molecule has 32 heavy (non-hydrogen) atoms. The maximum atomic E-state index is 13.2. The molecule has 2 heteroatoms. The summed E-state index contributed by atoms with van der Waals surface area (Å²) in [5, 5.41) is 0. The minimum absolute atomic E-state index is 0.0903. The van der Waals surface area contributed by atoms with Crippen molar-refractivity contribution in [2.75, 3.05) is 0 Å². The summed E-state index contributed by atoms with van der Waals surface area (Å²) in [7, 11) is 0. The van der Waals surface area contributed by atoms with Crippen LogP contribution >= 0.6 is 0 Å². The number of benzene rings is 4. The van der Waals surface area contributed by atoms with Crippen molar-refractivity contribution < 1.29 is 9.59 Å². The van der Waals surface area contributed by atoms with Crippen molar-refractivity contribution in [3.8, 4) is 0 Å². The van der Waals surface area contributed by atoms with Gasteiger partial charge in [0.05, 0.1) is 0 Å². The molecule has 0 amide bonds. The van der Waals surface area contributed by atoms with Gasteiger partial charge in [0.1, 0.15) is 0 Å². The third kappa shape index (κ3) is 5.28. The molecular weight excluding hydrogens is 392 g/mol. The molecule has 2 unspecified atom stereocenters. The van der Waals surface area contributed by atoms with Gasteiger partial charge in [-0.25, -0.2) is 0 Å². The van der Waals surface area contributed by atoms with Crippen LogP contribution in [0, 0.1) is 0 Å². The van der Waals surface area contributed by atoms with Gasteiger partial charge in [0.15, 0.2) is 11.6 Å². The summed E-state index contributed by atoms with van der Waals surface area (Å²) in [5.41, 5.74) is 3.56. The van der Waals surface area contributed by atoms with Crippen molar-refractivity contribution in [1.29, 1.82) is 0 Å². The zero-order valence-corrected chi connectivity index (χ0v) is 17.9. The average molecular weight is 419 g/mol. The molecule has 0 saturated carbocycles. The Morgan fingerprint density at radius 3 is 1.03 bits per heavy atom. The molecule has 0 aliphatic carbocycles. The van der Waals surface area contributed by atoms with Crippen LogP contribution in [0.2, 0.25) is 0 Å². The van der Waals surface area contributed by atoms with Crippen LogP contribution in [-0.2, 0) is 0 Å². The molecular formula is C30H26O2. The lowest BCUT2D eigenvalue weighted by Crippen LogP contribution is -2.19. The zero-order chi connectivity index (χ0) is 22.2. The van der Waals surface area contributed by atoms with E-state index < -0.39 is 0 Å². The van der Waals surface area contributed by atoms with E-state index in [0.29, 0.717) is 24.0 Å².